The van der Waals surface area contributed by atoms with Gasteiger partial charge in [0.05, 0.1) is 0 Å². The van der Waals surface area contributed by atoms with E-state index in [1.807, 2.05) is 0 Å². The van der Waals surface area contributed by atoms with E-state index in [4.69, 9.17) is 0 Å². The SMILES string of the molecule is Cc1c(OC(F)(F)c2c(F)cc(-c3ccc(-c4ccccc4)cc3F)cc2F)cc(F)c(F)c1F. The zero-order valence-corrected chi connectivity index (χ0v) is 17.8. The maximum Gasteiger partial charge on any atom is 0.432 e. The Morgan fingerprint density at radius 2 is 1.20 bits per heavy atom. The van der Waals surface area contributed by atoms with Crippen LogP contribution in [0.15, 0.2) is 66.7 Å². The number of rotatable bonds is 5. The maximum atomic E-state index is 14.7. The van der Waals surface area contributed by atoms with Gasteiger partial charge < -0.3 is 4.74 Å². The van der Waals surface area contributed by atoms with Crippen molar-refractivity contribution < 1.29 is 39.9 Å². The van der Waals surface area contributed by atoms with Crippen LogP contribution in [-0.4, -0.2) is 0 Å². The third-order valence-corrected chi connectivity index (χ3v) is 5.32. The van der Waals surface area contributed by atoms with Gasteiger partial charge in [-0.3, -0.25) is 0 Å². The van der Waals surface area contributed by atoms with E-state index < -0.39 is 57.9 Å². The predicted molar refractivity (Wildman–Crippen MR) is 113 cm³/mol. The van der Waals surface area contributed by atoms with Crippen molar-refractivity contribution >= 4 is 0 Å². The van der Waals surface area contributed by atoms with Gasteiger partial charge in [0.1, 0.15) is 28.8 Å². The van der Waals surface area contributed by atoms with Crippen molar-refractivity contribution in [3.05, 3.63) is 113 Å². The van der Waals surface area contributed by atoms with Crippen LogP contribution >= 0.6 is 0 Å². The van der Waals surface area contributed by atoms with Crippen molar-refractivity contribution in [2.24, 2.45) is 0 Å². The van der Waals surface area contributed by atoms with Crippen LogP contribution in [0, 0.1) is 41.8 Å². The summed E-state index contributed by atoms with van der Waals surface area (Å²) in [5.41, 5.74) is -2.15. The van der Waals surface area contributed by atoms with E-state index in [0.717, 1.165) is 13.0 Å². The highest BCUT2D eigenvalue weighted by atomic mass is 19.3. The molecule has 0 aliphatic carbocycles. The molecule has 35 heavy (non-hydrogen) atoms. The first-order valence-electron chi connectivity index (χ1n) is 10.1. The Kier molecular flexibility index (Phi) is 6.27. The van der Waals surface area contributed by atoms with Gasteiger partial charge in [0.25, 0.3) is 0 Å². The molecule has 0 N–H and O–H groups in total. The van der Waals surface area contributed by atoms with Gasteiger partial charge in [-0.05, 0) is 41.8 Å². The van der Waals surface area contributed by atoms with E-state index in [9.17, 15) is 35.1 Å². The molecule has 0 heterocycles. The maximum absolute atomic E-state index is 14.7. The molecule has 0 aliphatic rings. The predicted octanol–water partition coefficient (Wildman–Crippen LogP) is 8.29. The van der Waals surface area contributed by atoms with E-state index in [1.165, 1.54) is 12.1 Å². The third kappa shape index (κ3) is 4.58. The van der Waals surface area contributed by atoms with Gasteiger partial charge in [-0.15, -0.1) is 0 Å². The standard InChI is InChI=1S/C26H14F8O/c1-13-22(12-21(30)25(32)24(13)31)35-26(33,34)23-19(28)10-16(11-20(23)29)17-8-7-15(9-18(17)27)14-5-3-2-4-6-14/h2-12H,1H3. The second-order valence-corrected chi connectivity index (χ2v) is 7.60. The number of alkyl halides is 2. The Morgan fingerprint density at radius 1 is 0.600 bits per heavy atom. The second-order valence-electron chi connectivity index (χ2n) is 7.60. The summed E-state index contributed by atoms with van der Waals surface area (Å²) >= 11 is 0. The van der Waals surface area contributed by atoms with Crippen LogP contribution in [0.4, 0.5) is 35.1 Å². The lowest BCUT2D eigenvalue weighted by Gasteiger charge is -2.21. The van der Waals surface area contributed by atoms with Crippen LogP contribution in [0.5, 0.6) is 5.75 Å². The molecule has 1 nitrogen and oxygen atoms in total. The molecule has 0 unspecified atom stereocenters. The Hall–Kier alpha value is -3.88. The van der Waals surface area contributed by atoms with Crippen molar-refractivity contribution in [3.63, 3.8) is 0 Å². The molecule has 0 saturated heterocycles. The number of benzene rings is 4. The normalized spacial score (nSPS) is 11.6. The van der Waals surface area contributed by atoms with Crippen LogP contribution in [0.3, 0.4) is 0 Å². The van der Waals surface area contributed by atoms with E-state index in [-0.39, 0.29) is 17.2 Å². The van der Waals surface area contributed by atoms with E-state index >= 15 is 0 Å². The number of halogens is 8. The third-order valence-electron chi connectivity index (χ3n) is 5.32. The van der Waals surface area contributed by atoms with Crippen LogP contribution in [0.25, 0.3) is 22.3 Å². The van der Waals surface area contributed by atoms with E-state index in [1.54, 1.807) is 30.3 Å². The van der Waals surface area contributed by atoms with Crippen LogP contribution in [-0.2, 0) is 6.11 Å². The molecule has 0 fully saturated rings. The fourth-order valence-electron chi connectivity index (χ4n) is 3.53. The first-order valence-corrected chi connectivity index (χ1v) is 10.1. The Bertz CT molecular complexity index is 1390. The van der Waals surface area contributed by atoms with E-state index in [2.05, 4.69) is 4.74 Å². The fourth-order valence-corrected chi connectivity index (χ4v) is 3.53. The molecule has 0 atom stereocenters. The van der Waals surface area contributed by atoms with Gasteiger partial charge in [0, 0.05) is 17.2 Å². The fraction of sp³-hybridized carbons (Fsp3) is 0.0769. The van der Waals surface area contributed by atoms with Gasteiger partial charge in [-0.25, -0.2) is 26.3 Å². The summed E-state index contributed by atoms with van der Waals surface area (Å²) in [5, 5.41) is 0. The highest BCUT2D eigenvalue weighted by molar-refractivity contribution is 5.71. The zero-order chi connectivity index (χ0) is 25.5. The molecule has 0 saturated carbocycles. The lowest BCUT2D eigenvalue weighted by molar-refractivity contribution is -0.190. The zero-order valence-electron chi connectivity index (χ0n) is 17.8. The smallest absolute Gasteiger partial charge is 0.428 e. The van der Waals surface area contributed by atoms with Gasteiger partial charge in [0.2, 0.25) is 0 Å². The molecule has 4 aromatic carbocycles. The molecule has 180 valence electrons. The minimum atomic E-state index is -4.75. The summed E-state index contributed by atoms with van der Waals surface area (Å²) in [4.78, 5) is 0. The van der Waals surface area contributed by atoms with Crippen molar-refractivity contribution in [1.29, 1.82) is 0 Å². The van der Waals surface area contributed by atoms with Gasteiger partial charge in [0.15, 0.2) is 17.5 Å². The van der Waals surface area contributed by atoms with Crippen molar-refractivity contribution in [2.45, 2.75) is 13.0 Å². The van der Waals surface area contributed by atoms with Crippen molar-refractivity contribution in [1.82, 2.24) is 0 Å². The van der Waals surface area contributed by atoms with E-state index in [0.29, 0.717) is 23.3 Å². The number of ether oxygens (including phenoxy) is 1. The Labute approximate surface area is 194 Å². The van der Waals surface area contributed by atoms with Crippen LogP contribution in [0.1, 0.15) is 11.1 Å². The van der Waals surface area contributed by atoms with Crippen molar-refractivity contribution in [2.75, 3.05) is 0 Å². The van der Waals surface area contributed by atoms with Gasteiger partial charge in [-0.2, -0.15) is 8.78 Å². The molecule has 0 amide bonds. The summed E-state index contributed by atoms with van der Waals surface area (Å²) in [5.74, 6) is -11.1. The second kappa shape index (κ2) is 9.05. The minimum Gasteiger partial charge on any atom is -0.428 e. The average Bonchev–Trinajstić information content (AvgIpc) is 2.80. The van der Waals surface area contributed by atoms with Gasteiger partial charge >= 0.3 is 6.11 Å². The lowest BCUT2D eigenvalue weighted by Crippen LogP contribution is -2.26. The quantitative estimate of drug-likeness (QED) is 0.200. The molecule has 9 heteroatoms. The first-order chi connectivity index (χ1) is 16.5. The highest BCUT2D eigenvalue weighted by Gasteiger charge is 2.42. The average molecular weight is 494 g/mol. The summed E-state index contributed by atoms with van der Waals surface area (Å²) in [6.45, 7) is 0.820. The monoisotopic (exact) mass is 494 g/mol. The number of hydrogen-bond donors (Lipinski definition) is 0. The number of hydrogen-bond acceptors (Lipinski definition) is 1. The molecule has 4 aromatic rings. The Balaban J connectivity index is 1.70. The summed E-state index contributed by atoms with van der Waals surface area (Å²) in [6.07, 6.45) is -4.75. The molecule has 0 radical (unpaired) electrons. The molecule has 0 aromatic heterocycles. The molecule has 0 aliphatic heterocycles. The molecular weight excluding hydrogens is 480 g/mol. The summed E-state index contributed by atoms with van der Waals surface area (Å²) in [6, 6.07) is 13.7. The topological polar surface area (TPSA) is 9.23 Å². The van der Waals surface area contributed by atoms with Crippen LogP contribution in [0.2, 0.25) is 0 Å². The highest BCUT2D eigenvalue weighted by Crippen LogP contribution is 2.39. The minimum absolute atomic E-state index is 0.134. The van der Waals surface area contributed by atoms with Crippen molar-refractivity contribution in [3.8, 4) is 28.0 Å². The molecule has 4 rings (SSSR count). The lowest BCUT2D eigenvalue weighted by atomic mass is 9.98. The molecule has 0 bridgehead atoms. The van der Waals surface area contributed by atoms with Gasteiger partial charge in [-0.1, -0.05) is 42.5 Å². The Morgan fingerprint density at radius 3 is 1.80 bits per heavy atom. The molecular formula is C26H14F8O. The largest absolute Gasteiger partial charge is 0.432 e. The summed E-state index contributed by atoms with van der Waals surface area (Å²) < 4.78 is 118. The van der Waals surface area contributed by atoms with Crippen LogP contribution < -0.4 is 4.74 Å². The summed E-state index contributed by atoms with van der Waals surface area (Å²) in [7, 11) is 0. The molecule has 0 spiro atoms. The first kappa shape index (κ1) is 24.3.